The summed E-state index contributed by atoms with van der Waals surface area (Å²) in [5, 5.41) is 2.84. The Morgan fingerprint density at radius 2 is 1.71 bits per heavy atom. The van der Waals surface area contributed by atoms with Crippen molar-refractivity contribution in [1.82, 2.24) is 4.98 Å². The Morgan fingerprint density at radius 3 is 2.43 bits per heavy atom. The first-order chi connectivity index (χ1) is 6.77. The van der Waals surface area contributed by atoms with Gasteiger partial charge in [-0.1, -0.05) is 61.3 Å². The van der Waals surface area contributed by atoms with Crippen molar-refractivity contribution in [2.45, 2.75) is 13.8 Å². The highest BCUT2D eigenvalue weighted by atomic mass is 35.5. The molecule has 0 aliphatic carbocycles. The summed E-state index contributed by atoms with van der Waals surface area (Å²) in [7, 11) is 0. The summed E-state index contributed by atoms with van der Waals surface area (Å²) in [5.74, 6) is 0. The van der Waals surface area contributed by atoms with E-state index in [1.807, 2.05) is 38.1 Å². The number of hydrogen-bond donors (Lipinski definition) is 0. The van der Waals surface area contributed by atoms with Crippen molar-refractivity contribution in [3.63, 3.8) is 0 Å². The lowest BCUT2D eigenvalue weighted by Gasteiger charge is -1.98. The maximum atomic E-state index is 5.87. The average Bonchev–Trinajstić information content (AvgIpc) is 2.20. The molecule has 0 fully saturated rings. The summed E-state index contributed by atoms with van der Waals surface area (Å²) in [6.07, 6.45) is 0. The molecule has 0 amide bonds. The highest BCUT2D eigenvalue weighted by molar-refractivity contribution is 6.36. The summed E-state index contributed by atoms with van der Waals surface area (Å²) in [4.78, 5) is 3.93. The number of benzene rings is 1. The molecule has 0 unspecified atom stereocenters. The fraction of sp³-hybridized carbons (Fsp3) is 0.182. The highest BCUT2D eigenvalue weighted by Gasteiger charge is 2.00. The number of pyridine rings is 1. The van der Waals surface area contributed by atoms with Crippen molar-refractivity contribution < 1.29 is 0 Å². The first-order valence-corrected chi connectivity index (χ1v) is 5.24. The normalized spacial score (nSPS) is 9.43. The maximum absolute atomic E-state index is 5.87. The number of aromatic nitrogens is 1. The molecule has 0 aliphatic heterocycles. The third kappa shape index (κ3) is 2.37. The molecule has 0 radical (unpaired) electrons. The van der Waals surface area contributed by atoms with Crippen LogP contribution in [0.2, 0.25) is 10.3 Å². The van der Waals surface area contributed by atoms with Gasteiger partial charge in [0.05, 0.1) is 0 Å². The van der Waals surface area contributed by atoms with Crippen LogP contribution < -0.4 is 0 Å². The molecule has 2 aromatic rings. The summed E-state index contributed by atoms with van der Waals surface area (Å²) in [6, 6.07) is 9.53. The van der Waals surface area contributed by atoms with Crippen molar-refractivity contribution >= 4 is 34.0 Å². The Bertz CT molecular complexity index is 427. The third-order valence-electron chi connectivity index (χ3n) is 1.66. The zero-order valence-corrected chi connectivity index (χ0v) is 9.60. The molecule has 1 nitrogen and oxygen atoms in total. The number of hydrogen-bond acceptors (Lipinski definition) is 1. The fourth-order valence-corrected chi connectivity index (χ4v) is 1.63. The van der Waals surface area contributed by atoms with Gasteiger partial charge in [0, 0.05) is 5.39 Å². The number of rotatable bonds is 0. The van der Waals surface area contributed by atoms with Crippen molar-refractivity contribution in [3.8, 4) is 0 Å². The van der Waals surface area contributed by atoms with Crippen molar-refractivity contribution in [2.75, 3.05) is 0 Å². The molecule has 0 saturated carbocycles. The van der Waals surface area contributed by atoms with Gasteiger partial charge in [0.2, 0.25) is 0 Å². The van der Waals surface area contributed by atoms with E-state index in [0.717, 1.165) is 10.8 Å². The van der Waals surface area contributed by atoms with Gasteiger partial charge in [-0.05, 0) is 11.5 Å². The van der Waals surface area contributed by atoms with Gasteiger partial charge in [-0.2, -0.15) is 0 Å². The van der Waals surface area contributed by atoms with Crippen molar-refractivity contribution in [1.29, 1.82) is 0 Å². The topological polar surface area (TPSA) is 12.9 Å². The molecule has 1 heterocycles. The van der Waals surface area contributed by atoms with Crippen molar-refractivity contribution in [2.24, 2.45) is 0 Å². The van der Waals surface area contributed by atoms with E-state index in [0.29, 0.717) is 10.3 Å². The van der Waals surface area contributed by atoms with Gasteiger partial charge in [0.15, 0.2) is 0 Å². The molecular formula is C11H11Cl2N. The monoisotopic (exact) mass is 227 g/mol. The molecule has 0 aliphatic rings. The highest BCUT2D eigenvalue weighted by Crippen LogP contribution is 2.23. The van der Waals surface area contributed by atoms with Crippen LogP contribution in [-0.2, 0) is 0 Å². The van der Waals surface area contributed by atoms with Crippen LogP contribution in [0.15, 0.2) is 30.3 Å². The molecule has 3 heteroatoms. The van der Waals surface area contributed by atoms with Gasteiger partial charge in [0.1, 0.15) is 10.3 Å². The SMILES string of the molecule is CC.Clc1cc2ccccc2c(Cl)n1. The second-order valence-corrected chi connectivity index (χ2v) is 3.20. The minimum Gasteiger partial charge on any atom is -0.224 e. The quantitative estimate of drug-likeness (QED) is 0.602. The van der Waals surface area contributed by atoms with Crippen LogP contribution in [-0.4, -0.2) is 4.98 Å². The zero-order valence-electron chi connectivity index (χ0n) is 8.09. The lowest BCUT2D eigenvalue weighted by Crippen LogP contribution is -1.79. The molecule has 0 N–H and O–H groups in total. The summed E-state index contributed by atoms with van der Waals surface area (Å²) in [6.45, 7) is 4.00. The van der Waals surface area contributed by atoms with Crippen LogP contribution in [0.5, 0.6) is 0 Å². The zero-order chi connectivity index (χ0) is 10.6. The fourth-order valence-electron chi connectivity index (χ4n) is 1.13. The third-order valence-corrected chi connectivity index (χ3v) is 2.14. The molecule has 2 rings (SSSR count). The van der Waals surface area contributed by atoms with Gasteiger partial charge in [-0.25, -0.2) is 4.98 Å². The Morgan fingerprint density at radius 1 is 1.07 bits per heavy atom. The molecule has 0 bridgehead atoms. The largest absolute Gasteiger partial charge is 0.224 e. The van der Waals surface area contributed by atoms with Crippen molar-refractivity contribution in [3.05, 3.63) is 40.6 Å². The number of nitrogens with zero attached hydrogens (tertiary/aromatic N) is 1. The van der Waals surface area contributed by atoms with Crippen LogP contribution >= 0.6 is 23.2 Å². The van der Waals surface area contributed by atoms with Crippen LogP contribution in [0.3, 0.4) is 0 Å². The Hall–Kier alpha value is -0.790. The molecule has 74 valence electrons. The minimum atomic E-state index is 0.429. The maximum Gasteiger partial charge on any atom is 0.138 e. The lowest BCUT2D eigenvalue weighted by atomic mass is 10.2. The molecule has 0 spiro atoms. The average molecular weight is 228 g/mol. The van der Waals surface area contributed by atoms with Gasteiger partial charge in [0.25, 0.3) is 0 Å². The van der Waals surface area contributed by atoms with Gasteiger partial charge >= 0.3 is 0 Å². The van der Waals surface area contributed by atoms with Gasteiger partial charge < -0.3 is 0 Å². The lowest BCUT2D eigenvalue weighted by molar-refractivity contribution is 1.36. The van der Waals surface area contributed by atoms with Gasteiger partial charge in [-0.3, -0.25) is 0 Å². The van der Waals surface area contributed by atoms with Crippen LogP contribution in [0, 0.1) is 0 Å². The molecular weight excluding hydrogens is 217 g/mol. The second kappa shape index (κ2) is 5.18. The minimum absolute atomic E-state index is 0.429. The number of fused-ring (bicyclic) bond motifs is 1. The summed E-state index contributed by atoms with van der Waals surface area (Å²) in [5.41, 5.74) is 0. The second-order valence-electron chi connectivity index (χ2n) is 2.46. The van der Waals surface area contributed by atoms with Crippen LogP contribution in [0.1, 0.15) is 13.8 Å². The van der Waals surface area contributed by atoms with Gasteiger partial charge in [-0.15, -0.1) is 0 Å². The van der Waals surface area contributed by atoms with E-state index in [-0.39, 0.29) is 0 Å². The first kappa shape index (κ1) is 11.3. The molecule has 0 saturated heterocycles. The standard InChI is InChI=1S/C9H5Cl2N.C2H6/c10-8-5-6-3-1-2-4-7(6)9(11)12-8;1-2/h1-5H;1-2H3. The summed E-state index contributed by atoms with van der Waals surface area (Å²) < 4.78 is 0. The smallest absolute Gasteiger partial charge is 0.138 e. The molecule has 14 heavy (non-hydrogen) atoms. The number of halogens is 2. The summed E-state index contributed by atoms with van der Waals surface area (Å²) >= 11 is 11.6. The molecule has 0 atom stereocenters. The Labute approximate surface area is 93.7 Å². The predicted octanol–water partition coefficient (Wildman–Crippen LogP) is 4.57. The molecule has 1 aromatic heterocycles. The Balaban J connectivity index is 0.000000461. The predicted molar refractivity (Wildman–Crippen MR) is 63.1 cm³/mol. The molecule has 1 aromatic carbocycles. The Kier molecular flexibility index (Phi) is 4.18. The van der Waals surface area contributed by atoms with E-state index in [4.69, 9.17) is 23.2 Å². The van der Waals surface area contributed by atoms with E-state index >= 15 is 0 Å². The first-order valence-electron chi connectivity index (χ1n) is 4.48. The van der Waals surface area contributed by atoms with Crippen LogP contribution in [0.25, 0.3) is 10.8 Å². The van der Waals surface area contributed by atoms with E-state index in [9.17, 15) is 0 Å². The van der Waals surface area contributed by atoms with E-state index in [1.165, 1.54) is 0 Å². The van der Waals surface area contributed by atoms with E-state index < -0.39 is 0 Å². The van der Waals surface area contributed by atoms with Crippen LogP contribution in [0.4, 0.5) is 0 Å². The van der Waals surface area contributed by atoms with E-state index in [1.54, 1.807) is 6.07 Å². The van der Waals surface area contributed by atoms with E-state index in [2.05, 4.69) is 4.98 Å².